The van der Waals surface area contributed by atoms with Crippen molar-refractivity contribution in [1.29, 1.82) is 0 Å². The summed E-state index contributed by atoms with van der Waals surface area (Å²) in [5, 5.41) is 0. The van der Waals surface area contributed by atoms with Crippen molar-refractivity contribution in [3.63, 3.8) is 0 Å². The van der Waals surface area contributed by atoms with Crippen molar-refractivity contribution in [1.82, 2.24) is 0 Å². The van der Waals surface area contributed by atoms with Crippen molar-refractivity contribution in [2.75, 3.05) is 106 Å². The number of carbonyl (C=O) groups is 1. The minimum atomic E-state index is 0.105. The van der Waals surface area contributed by atoms with Crippen LogP contribution in [0.3, 0.4) is 0 Å². The first-order valence-electron chi connectivity index (χ1n) is 13.7. The normalized spacial score (nSPS) is 11.7. The maximum atomic E-state index is 11.5. The van der Waals surface area contributed by atoms with E-state index in [1.807, 2.05) is 13.8 Å². The van der Waals surface area contributed by atoms with E-state index in [4.69, 9.17) is 37.9 Å². The monoisotopic (exact) mass is 522 g/mol. The summed E-state index contributed by atoms with van der Waals surface area (Å²) in [6.45, 7) is 17.4. The lowest BCUT2D eigenvalue weighted by Gasteiger charge is -2.09. The van der Waals surface area contributed by atoms with E-state index in [1.54, 1.807) is 0 Å². The summed E-state index contributed by atoms with van der Waals surface area (Å²) in [4.78, 5) is 11.5. The second-order valence-electron chi connectivity index (χ2n) is 9.16. The Morgan fingerprint density at radius 2 is 0.722 bits per heavy atom. The van der Waals surface area contributed by atoms with Crippen LogP contribution in [0.1, 0.15) is 53.4 Å². The third kappa shape index (κ3) is 29.6. The van der Waals surface area contributed by atoms with E-state index in [0.29, 0.717) is 106 Å². The van der Waals surface area contributed by atoms with Gasteiger partial charge in [0.1, 0.15) is 5.78 Å². The van der Waals surface area contributed by atoms with Crippen molar-refractivity contribution in [2.45, 2.75) is 53.4 Å². The average Bonchev–Trinajstić information content (AvgIpc) is 2.85. The molecule has 0 atom stereocenters. The topological polar surface area (TPSA) is 90.9 Å². The van der Waals surface area contributed by atoms with Gasteiger partial charge < -0.3 is 37.9 Å². The van der Waals surface area contributed by atoms with Gasteiger partial charge >= 0.3 is 0 Å². The lowest BCUT2D eigenvalue weighted by molar-refractivity contribution is -0.122. The standard InChI is InChI=1S/C27H54O9/c1-25(2)7-5-9-29-11-13-31-15-17-33-19-21-35-23-24-36-22-20-34-18-16-32-14-12-30-10-6-8-27(28)26(3)4/h25-26H,5-24H2,1-4H3. The largest absolute Gasteiger partial charge is 0.379 e. The number of carbonyl (C=O) groups excluding carboxylic acids is 1. The molecule has 9 nitrogen and oxygen atoms in total. The molecule has 0 saturated heterocycles. The van der Waals surface area contributed by atoms with E-state index in [-0.39, 0.29) is 11.7 Å². The summed E-state index contributed by atoms with van der Waals surface area (Å²) < 4.78 is 43.7. The molecule has 0 saturated carbocycles. The van der Waals surface area contributed by atoms with Crippen molar-refractivity contribution >= 4 is 5.78 Å². The quantitative estimate of drug-likeness (QED) is 0.131. The molecule has 0 aliphatic rings. The molecular formula is C27H54O9. The van der Waals surface area contributed by atoms with Crippen LogP contribution >= 0.6 is 0 Å². The van der Waals surface area contributed by atoms with Gasteiger partial charge in [-0.25, -0.2) is 0 Å². The van der Waals surface area contributed by atoms with Gasteiger partial charge in [-0.1, -0.05) is 27.7 Å². The number of hydrogen-bond donors (Lipinski definition) is 0. The van der Waals surface area contributed by atoms with Crippen LogP contribution in [0.25, 0.3) is 0 Å². The maximum Gasteiger partial charge on any atom is 0.135 e. The van der Waals surface area contributed by atoms with Gasteiger partial charge in [0, 0.05) is 25.6 Å². The van der Waals surface area contributed by atoms with Crippen LogP contribution in [0.15, 0.2) is 0 Å². The van der Waals surface area contributed by atoms with Crippen LogP contribution in [-0.2, 0) is 42.7 Å². The van der Waals surface area contributed by atoms with Gasteiger partial charge in [0.15, 0.2) is 0 Å². The number of hydrogen-bond acceptors (Lipinski definition) is 9. The molecular weight excluding hydrogens is 468 g/mol. The van der Waals surface area contributed by atoms with E-state index < -0.39 is 0 Å². The van der Waals surface area contributed by atoms with Gasteiger partial charge in [-0.3, -0.25) is 4.79 Å². The van der Waals surface area contributed by atoms with Gasteiger partial charge in [0.2, 0.25) is 0 Å². The molecule has 0 bridgehead atoms. The molecule has 0 N–H and O–H groups in total. The summed E-state index contributed by atoms with van der Waals surface area (Å²) in [7, 11) is 0. The Morgan fingerprint density at radius 3 is 1.00 bits per heavy atom. The number of ketones is 1. The van der Waals surface area contributed by atoms with Crippen molar-refractivity contribution in [3.05, 3.63) is 0 Å². The second-order valence-corrected chi connectivity index (χ2v) is 9.16. The van der Waals surface area contributed by atoms with Crippen molar-refractivity contribution in [2.24, 2.45) is 11.8 Å². The Kier molecular flexibility index (Phi) is 28.4. The Bertz CT molecular complexity index is 447. The molecule has 0 heterocycles. The fourth-order valence-corrected chi connectivity index (χ4v) is 2.87. The second kappa shape index (κ2) is 28.9. The molecule has 0 aromatic rings. The molecule has 0 aromatic heterocycles. The highest BCUT2D eigenvalue weighted by molar-refractivity contribution is 5.80. The molecule has 216 valence electrons. The third-order valence-electron chi connectivity index (χ3n) is 5.03. The molecule has 0 radical (unpaired) electrons. The molecule has 0 rings (SSSR count). The van der Waals surface area contributed by atoms with E-state index in [0.717, 1.165) is 25.4 Å². The zero-order valence-electron chi connectivity index (χ0n) is 23.5. The van der Waals surface area contributed by atoms with E-state index in [9.17, 15) is 4.79 Å². The highest BCUT2D eigenvalue weighted by Gasteiger charge is 2.05. The first-order valence-corrected chi connectivity index (χ1v) is 13.7. The summed E-state index contributed by atoms with van der Waals surface area (Å²) in [6, 6.07) is 0. The number of Topliss-reactive ketones (excluding diaryl/α,β-unsaturated/α-hetero) is 1. The molecule has 9 heteroatoms. The SMILES string of the molecule is CC(C)CCCOCCOCCOCCOCCOCCOCCOCCOCCCC(=O)C(C)C. The summed E-state index contributed by atoms with van der Waals surface area (Å²) in [5.41, 5.74) is 0. The maximum absolute atomic E-state index is 11.5. The van der Waals surface area contributed by atoms with Crippen LogP contribution in [0, 0.1) is 11.8 Å². The molecule has 0 fully saturated rings. The van der Waals surface area contributed by atoms with Gasteiger partial charge in [0.25, 0.3) is 0 Å². The fraction of sp³-hybridized carbons (Fsp3) is 0.963. The first-order chi connectivity index (χ1) is 17.5. The lowest BCUT2D eigenvalue weighted by Crippen LogP contribution is -2.15. The molecule has 0 aliphatic carbocycles. The lowest BCUT2D eigenvalue weighted by atomic mass is 10.1. The van der Waals surface area contributed by atoms with Crippen LogP contribution < -0.4 is 0 Å². The Labute approximate surface area is 219 Å². The minimum Gasteiger partial charge on any atom is -0.379 e. The number of ether oxygens (including phenoxy) is 8. The number of rotatable bonds is 30. The van der Waals surface area contributed by atoms with E-state index in [1.165, 1.54) is 6.42 Å². The average molecular weight is 523 g/mol. The molecule has 36 heavy (non-hydrogen) atoms. The molecule has 0 aliphatic heterocycles. The van der Waals surface area contributed by atoms with E-state index in [2.05, 4.69) is 13.8 Å². The summed E-state index contributed by atoms with van der Waals surface area (Å²) in [5.74, 6) is 1.13. The third-order valence-corrected chi connectivity index (χ3v) is 5.03. The van der Waals surface area contributed by atoms with Gasteiger partial charge in [0.05, 0.1) is 92.5 Å². The van der Waals surface area contributed by atoms with Crippen LogP contribution in [-0.4, -0.2) is 111 Å². The zero-order chi connectivity index (χ0) is 26.5. The predicted molar refractivity (Wildman–Crippen MR) is 140 cm³/mol. The molecule has 0 unspecified atom stereocenters. The predicted octanol–water partition coefficient (Wildman–Crippen LogP) is 3.56. The first kappa shape index (κ1) is 35.4. The smallest absolute Gasteiger partial charge is 0.135 e. The van der Waals surface area contributed by atoms with Crippen LogP contribution in [0.2, 0.25) is 0 Å². The zero-order valence-corrected chi connectivity index (χ0v) is 23.5. The summed E-state index contributed by atoms with van der Waals surface area (Å²) in [6.07, 6.45) is 3.67. The van der Waals surface area contributed by atoms with Gasteiger partial charge in [-0.2, -0.15) is 0 Å². The molecule has 0 spiro atoms. The molecule has 0 amide bonds. The Balaban J connectivity index is 3.06. The molecule has 0 aromatic carbocycles. The van der Waals surface area contributed by atoms with Crippen molar-refractivity contribution in [3.8, 4) is 0 Å². The van der Waals surface area contributed by atoms with Gasteiger partial charge in [-0.15, -0.1) is 0 Å². The van der Waals surface area contributed by atoms with Crippen LogP contribution in [0.5, 0.6) is 0 Å². The Morgan fingerprint density at radius 1 is 0.444 bits per heavy atom. The highest BCUT2D eigenvalue weighted by Crippen LogP contribution is 2.03. The Hall–Kier alpha value is -0.650. The van der Waals surface area contributed by atoms with E-state index >= 15 is 0 Å². The summed E-state index contributed by atoms with van der Waals surface area (Å²) >= 11 is 0. The van der Waals surface area contributed by atoms with Crippen LogP contribution in [0.4, 0.5) is 0 Å². The fourth-order valence-electron chi connectivity index (χ4n) is 2.87. The highest BCUT2D eigenvalue weighted by atomic mass is 16.6. The van der Waals surface area contributed by atoms with Gasteiger partial charge in [-0.05, 0) is 25.2 Å². The minimum absolute atomic E-state index is 0.105. The van der Waals surface area contributed by atoms with Crippen molar-refractivity contribution < 1.29 is 42.7 Å².